The molecule has 2 rings (SSSR count). The molecule has 0 radical (unpaired) electrons. The molecular weight excluding hydrogens is 269 g/mol. The summed E-state index contributed by atoms with van der Waals surface area (Å²) >= 11 is 0. The number of carboxylic acid groups (broad SMARTS) is 1. The highest BCUT2D eigenvalue weighted by molar-refractivity contribution is 5.90. The summed E-state index contributed by atoms with van der Waals surface area (Å²) < 4.78 is 18.4. The first kappa shape index (κ1) is 13.5. The maximum atomic E-state index is 13.1. The zero-order chi connectivity index (χ0) is 14.7. The van der Waals surface area contributed by atoms with Crippen molar-refractivity contribution in [1.29, 1.82) is 0 Å². The Morgan fingerprint density at radius 3 is 2.65 bits per heavy atom. The molecule has 0 fully saturated rings. The van der Waals surface area contributed by atoms with Crippen molar-refractivity contribution in [3.63, 3.8) is 0 Å². The monoisotopic (exact) mass is 277 g/mol. The number of benzene rings is 2. The Morgan fingerprint density at radius 2 is 2.00 bits per heavy atom. The number of non-ortho nitro benzene ring substituents is 1. The molecule has 0 unspecified atom stereocenters. The molecule has 0 amide bonds. The zero-order valence-electron chi connectivity index (χ0n) is 9.95. The van der Waals surface area contributed by atoms with Gasteiger partial charge in [-0.2, -0.15) is 0 Å². The van der Waals surface area contributed by atoms with E-state index in [-0.39, 0.29) is 22.7 Å². The summed E-state index contributed by atoms with van der Waals surface area (Å²) in [6.45, 7) is 0. The van der Waals surface area contributed by atoms with E-state index in [0.29, 0.717) is 0 Å². The van der Waals surface area contributed by atoms with Crippen LogP contribution in [0.5, 0.6) is 11.5 Å². The zero-order valence-corrected chi connectivity index (χ0v) is 9.95. The minimum atomic E-state index is -1.29. The third kappa shape index (κ3) is 2.89. The molecule has 0 aromatic heterocycles. The van der Waals surface area contributed by atoms with Gasteiger partial charge in [0.1, 0.15) is 22.9 Å². The Balaban J connectivity index is 2.39. The molecule has 0 heterocycles. The Kier molecular flexibility index (Phi) is 3.60. The van der Waals surface area contributed by atoms with E-state index in [9.17, 15) is 19.3 Å². The van der Waals surface area contributed by atoms with Crippen molar-refractivity contribution < 1.29 is 24.0 Å². The quantitative estimate of drug-likeness (QED) is 0.684. The minimum Gasteiger partial charge on any atom is -0.478 e. The van der Waals surface area contributed by atoms with Crippen LogP contribution in [0.4, 0.5) is 10.1 Å². The van der Waals surface area contributed by atoms with Crippen LogP contribution in [0.15, 0.2) is 42.5 Å². The first-order valence-electron chi connectivity index (χ1n) is 5.42. The smallest absolute Gasteiger partial charge is 0.339 e. The Labute approximate surface area is 112 Å². The summed E-state index contributed by atoms with van der Waals surface area (Å²) in [5.74, 6) is -2.13. The number of rotatable bonds is 4. The van der Waals surface area contributed by atoms with Crippen LogP contribution < -0.4 is 4.74 Å². The van der Waals surface area contributed by atoms with Crippen LogP contribution in [0, 0.1) is 15.9 Å². The van der Waals surface area contributed by atoms with Crippen LogP contribution in [0.1, 0.15) is 10.4 Å². The van der Waals surface area contributed by atoms with Crippen LogP contribution in [-0.4, -0.2) is 16.0 Å². The Morgan fingerprint density at radius 1 is 1.25 bits per heavy atom. The number of nitro benzene ring substituents is 1. The Bertz CT molecular complexity index is 686. The molecular formula is C13H8FNO5. The molecule has 0 aliphatic heterocycles. The molecule has 20 heavy (non-hydrogen) atoms. The standard InChI is InChI=1S/C13H8FNO5/c14-8-4-5-11(13(16)17)12(6-8)20-10-3-1-2-9(7-10)15(18)19/h1-7H,(H,16,17). The van der Waals surface area contributed by atoms with Crippen molar-refractivity contribution in [3.8, 4) is 11.5 Å². The lowest BCUT2D eigenvalue weighted by Gasteiger charge is -2.08. The molecule has 1 N–H and O–H groups in total. The van der Waals surface area contributed by atoms with E-state index in [1.165, 1.54) is 18.2 Å². The fraction of sp³-hybridized carbons (Fsp3) is 0. The van der Waals surface area contributed by atoms with Gasteiger partial charge in [-0.05, 0) is 18.2 Å². The molecule has 0 spiro atoms. The molecule has 0 atom stereocenters. The van der Waals surface area contributed by atoms with Crippen LogP contribution in [-0.2, 0) is 0 Å². The van der Waals surface area contributed by atoms with Gasteiger partial charge in [-0.1, -0.05) is 6.07 Å². The first-order valence-corrected chi connectivity index (χ1v) is 5.42. The van der Waals surface area contributed by atoms with Gasteiger partial charge in [0.15, 0.2) is 0 Å². The topological polar surface area (TPSA) is 89.7 Å². The van der Waals surface area contributed by atoms with E-state index < -0.39 is 16.7 Å². The van der Waals surface area contributed by atoms with Crippen LogP contribution in [0.2, 0.25) is 0 Å². The number of aromatic carboxylic acids is 1. The molecule has 0 saturated heterocycles. The molecule has 0 saturated carbocycles. The highest BCUT2D eigenvalue weighted by Gasteiger charge is 2.14. The van der Waals surface area contributed by atoms with Crippen LogP contribution in [0.25, 0.3) is 0 Å². The van der Waals surface area contributed by atoms with E-state index >= 15 is 0 Å². The number of carboxylic acids is 1. The maximum absolute atomic E-state index is 13.1. The van der Waals surface area contributed by atoms with E-state index in [1.807, 2.05) is 0 Å². The van der Waals surface area contributed by atoms with Crippen molar-refractivity contribution >= 4 is 11.7 Å². The molecule has 7 heteroatoms. The van der Waals surface area contributed by atoms with Gasteiger partial charge < -0.3 is 9.84 Å². The third-order valence-electron chi connectivity index (χ3n) is 2.43. The highest BCUT2D eigenvalue weighted by atomic mass is 19.1. The molecule has 102 valence electrons. The van der Waals surface area contributed by atoms with Crippen LogP contribution >= 0.6 is 0 Å². The summed E-state index contributed by atoms with van der Waals surface area (Å²) in [6, 6.07) is 8.13. The second-order valence-electron chi connectivity index (χ2n) is 3.80. The summed E-state index contributed by atoms with van der Waals surface area (Å²) in [4.78, 5) is 21.0. The number of hydrogen-bond donors (Lipinski definition) is 1. The van der Waals surface area contributed by atoms with Gasteiger partial charge in [-0.25, -0.2) is 9.18 Å². The number of ether oxygens (including phenoxy) is 1. The number of nitrogens with zero attached hydrogens (tertiary/aromatic N) is 1. The summed E-state index contributed by atoms with van der Waals surface area (Å²) in [6.07, 6.45) is 0. The lowest BCUT2D eigenvalue weighted by Crippen LogP contribution is -2.00. The number of hydrogen-bond acceptors (Lipinski definition) is 4. The van der Waals surface area contributed by atoms with Crippen molar-refractivity contribution in [2.75, 3.05) is 0 Å². The summed E-state index contributed by atoms with van der Waals surface area (Å²) in [5, 5.41) is 19.6. The van der Waals surface area contributed by atoms with Gasteiger partial charge in [0.05, 0.1) is 11.0 Å². The molecule has 2 aromatic carbocycles. The largest absolute Gasteiger partial charge is 0.478 e. The van der Waals surface area contributed by atoms with E-state index in [4.69, 9.17) is 9.84 Å². The SMILES string of the molecule is O=C(O)c1ccc(F)cc1Oc1cccc([N+](=O)[O-])c1. The average Bonchev–Trinajstić information content (AvgIpc) is 2.38. The van der Waals surface area contributed by atoms with Gasteiger partial charge in [-0.3, -0.25) is 10.1 Å². The maximum Gasteiger partial charge on any atom is 0.339 e. The highest BCUT2D eigenvalue weighted by Crippen LogP contribution is 2.28. The normalized spacial score (nSPS) is 10.1. The fourth-order valence-electron chi connectivity index (χ4n) is 1.54. The first-order chi connectivity index (χ1) is 9.47. The third-order valence-corrected chi connectivity index (χ3v) is 2.43. The lowest BCUT2D eigenvalue weighted by atomic mass is 10.2. The molecule has 6 nitrogen and oxygen atoms in total. The average molecular weight is 277 g/mol. The number of nitro groups is 1. The predicted octanol–water partition coefficient (Wildman–Crippen LogP) is 3.22. The van der Waals surface area contributed by atoms with E-state index in [2.05, 4.69) is 0 Å². The summed E-state index contributed by atoms with van der Waals surface area (Å²) in [5.41, 5.74) is -0.450. The van der Waals surface area contributed by atoms with Crippen molar-refractivity contribution in [1.82, 2.24) is 0 Å². The predicted molar refractivity (Wildman–Crippen MR) is 66.5 cm³/mol. The van der Waals surface area contributed by atoms with Crippen molar-refractivity contribution in [3.05, 3.63) is 64.0 Å². The minimum absolute atomic E-state index is 0.0484. The molecule has 0 bridgehead atoms. The Hall–Kier alpha value is -2.96. The van der Waals surface area contributed by atoms with E-state index in [0.717, 1.165) is 24.3 Å². The molecule has 2 aromatic rings. The second-order valence-corrected chi connectivity index (χ2v) is 3.80. The van der Waals surface area contributed by atoms with Gasteiger partial charge in [-0.15, -0.1) is 0 Å². The van der Waals surface area contributed by atoms with Crippen molar-refractivity contribution in [2.24, 2.45) is 0 Å². The molecule has 0 aliphatic carbocycles. The van der Waals surface area contributed by atoms with Crippen molar-refractivity contribution in [2.45, 2.75) is 0 Å². The second kappa shape index (κ2) is 5.35. The van der Waals surface area contributed by atoms with E-state index in [1.54, 1.807) is 0 Å². The number of carbonyl (C=O) groups is 1. The van der Waals surface area contributed by atoms with Gasteiger partial charge in [0, 0.05) is 12.1 Å². The van der Waals surface area contributed by atoms with Gasteiger partial charge >= 0.3 is 5.97 Å². The van der Waals surface area contributed by atoms with Gasteiger partial charge in [0.25, 0.3) is 5.69 Å². The fourth-order valence-corrected chi connectivity index (χ4v) is 1.54. The summed E-state index contributed by atoms with van der Waals surface area (Å²) in [7, 11) is 0. The lowest BCUT2D eigenvalue weighted by molar-refractivity contribution is -0.384. The number of halogens is 1. The van der Waals surface area contributed by atoms with Gasteiger partial charge in [0.2, 0.25) is 0 Å². The van der Waals surface area contributed by atoms with Crippen LogP contribution in [0.3, 0.4) is 0 Å². The molecule has 0 aliphatic rings.